The van der Waals surface area contributed by atoms with E-state index in [2.05, 4.69) is 4.74 Å². The van der Waals surface area contributed by atoms with Crippen LogP contribution >= 0.6 is 0 Å². The average Bonchev–Trinajstić information content (AvgIpc) is 2.44. The van der Waals surface area contributed by atoms with Crippen molar-refractivity contribution in [2.45, 2.75) is 18.6 Å². The molecule has 1 N–H and O–H groups in total. The molecule has 0 fully saturated rings. The Hall–Kier alpha value is -0.504. The van der Waals surface area contributed by atoms with Gasteiger partial charge in [-0.15, -0.1) is 0 Å². The molecule has 7 nitrogen and oxygen atoms in total. The van der Waals surface area contributed by atoms with Crippen molar-refractivity contribution in [3.8, 4) is 0 Å². The van der Waals surface area contributed by atoms with Crippen molar-refractivity contribution in [3.63, 3.8) is 0 Å². The third kappa shape index (κ3) is 7.17. The van der Waals surface area contributed by atoms with Crippen LogP contribution in [0, 0.1) is 0 Å². The van der Waals surface area contributed by atoms with Gasteiger partial charge in [0.15, 0.2) is 10.1 Å². The van der Waals surface area contributed by atoms with E-state index in [0.717, 1.165) is 25.3 Å². The van der Waals surface area contributed by atoms with Crippen molar-refractivity contribution in [1.29, 1.82) is 0 Å². The minimum atomic E-state index is -5.35. The minimum absolute atomic E-state index is 0. The summed E-state index contributed by atoms with van der Waals surface area (Å²) in [5.74, 6) is -1.11. The number of carbonyl (C=O) groups is 2. The topological polar surface area (TPSA) is 113 Å². The van der Waals surface area contributed by atoms with Crippen molar-refractivity contribution >= 4 is 21.3 Å². The van der Waals surface area contributed by atoms with E-state index >= 15 is 0 Å². The molecule has 1 aromatic carbocycles. The zero-order valence-electron chi connectivity index (χ0n) is 12.6. The van der Waals surface area contributed by atoms with Crippen LogP contribution in [0.4, 0.5) is 18.0 Å². The van der Waals surface area contributed by atoms with E-state index in [1.165, 1.54) is 6.07 Å². The summed E-state index contributed by atoms with van der Waals surface area (Å²) in [6.07, 6.45) is -5.10. The van der Waals surface area contributed by atoms with Gasteiger partial charge in [-0.3, -0.25) is 4.79 Å². The summed E-state index contributed by atoms with van der Waals surface area (Å²) in [5.41, 5.74) is -1.000. The van der Waals surface area contributed by atoms with E-state index in [0.29, 0.717) is 0 Å². The Labute approximate surface area is 178 Å². The summed E-state index contributed by atoms with van der Waals surface area (Å²) < 4.78 is 73.8. The number of ether oxygens (including phenoxy) is 1. The van der Waals surface area contributed by atoms with Gasteiger partial charge in [0, 0.05) is 6.42 Å². The Bertz CT molecular complexity index is 707. The fraction of sp³-hybridized carbons (Fsp3) is 0.333. The number of carbonyl (C=O) groups excluding carboxylic acids is 2. The maximum Gasteiger partial charge on any atom is 1.00 e. The van der Waals surface area contributed by atoms with Crippen LogP contribution in [-0.4, -0.2) is 37.3 Å². The Morgan fingerprint density at radius 3 is 2.38 bits per heavy atom. The van der Waals surface area contributed by atoms with Crippen LogP contribution < -0.4 is 56.7 Å². The maximum absolute atomic E-state index is 12.6. The second kappa shape index (κ2) is 9.27. The largest absolute Gasteiger partial charge is 1.00 e. The number of rotatable bonds is 4. The summed E-state index contributed by atoms with van der Waals surface area (Å²) in [4.78, 5) is 22.6. The number of benzene rings is 1. The smallest absolute Gasteiger partial charge is 0.740 e. The molecule has 128 valence electrons. The number of hydrogen-bond acceptors (Lipinski definition) is 6. The fourth-order valence-corrected chi connectivity index (χ4v) is 1.95. The number of methoxy groups -OCH3 is 1. The molecule has 0 aliphatic rings. The molecule has 0 radical (unpaired) electrons. The van der Waals surface area contributed by atoms with Gasteiger partial charge in [0.1, 0.15) is 6.04 Å². The third-order valence-corrected chi connectivity index (χ3v) is 3.27. The predicted molar refractivity (Wildman–Crippen MR) is 69.2 cm³/mol. The minimum Gasteiger partial charge on any atom is -0.740 e. The molecular weight excluding hydrogens is 382 g/mol. The van der Waals surface area contributed by atoms with E-state index in [9.17, 15) is 35.7 Å². The predicted octanol–water partition coefficient (Wildman–Crippen LogP) is -1.95. The van der Waals surface area contributed by atoms with Crippen LogP contribution in [0.5, 0.6) is 0 Å². The number of hydrogen-bond donors (Lipinski definition) is 1. The Morgan fingerprint density at radius 2 is 1.92 bits per heavy atom. The monoisotopic (exact) mass is 393 g/mol. The molecule has 1 amide bonds. The molecule has 12 heteroatoms. The quantitative estimate of drug-likeness (QED) is 0.361. The molecule has 1 aromatic rings. The van der Waals surface area contributed by atoms with Crippen molar-refractivity contribution < 1.29 is 91.9 Å². The molecular formula is C12H11F3KNO6S. The van der Waals surface area contributed by atoms with Crippen LogP contribution in [0.3, 0.4) is 0 Å². The first kappa shape index (κ1) is 23.5. The third-order valence-electron chi connectivity index (χ3n) is 2.70. The number of nitrogens with one attached hydrogen (secondary N) is 1. The zero-order valence-corrected chi connectivity index (χ0v) is 16.5. The van der Waals surface area contributed by atoms with Gasteiger partial charge in [0.05, 0.1) is 12.7 Å². The van der Waals surface area contributed by atoms with Crippen molar-refractivity contribution in [1.82, 2.24) is 5.32 Å². The standard InChI is InChI=1S/C12H12F3NO6S.K/c1-22-10(17)9(16-11(18)23(19,20)21)6-7-3-2-4-8(5-7)12(13,14)15;/h2-5,9H,6H2,1H3,(H,16,18)(H,19,20,21);/q;+1/p-1. The number of alkyl halides is 3. The van der Waals surface area contributed by atoms with Crippen LogP contribution in [0.2, 0.25) is 0 Å². The Morgan fingerprint density at radius 1 is 1.33 bits per heavy atom. The summed E-state index contributed by atoms with van der Waals surface area (Å²) in [6.45, 7) is 0. The van der Waals surface area contributed by atoms with Crippen molar-refractivity contribution in [2.75, 3.05) is 7.11 Å². The van der Waals surface area contributed by atoms with Gasteiger partial charge < -0.3 is 14.6 Å². The molecule has 24 heavy (non-hydrogen) atoms. The van der Waals surface area contributed by atoms with Gasteiger partial charge >= 0.3 is 68.8 Å². The van der Waals surface area contributed by atoms with Gasteiger partial charge in [-0.05, 0) is 11.6 Å². The van der Waals surface area contributed by atoms with Crippen LogP contribution in [-0.2, 0) is 32.2 Å². The van der Waals surface area contributed by atoms with Gasteiger partial charge in [-0.1, -0.05) is 18.2 Å². The molecule has 0 spiro atoms. The van der Waals surface area contributed by atoms with Crippen LogP contribution in [0.15, 0.2) is 24.3 Å². The maximum atomic E-state index is 12.6. The molecule has 1 atom stereocenters. The molecule has 0 aromatic heterocycles. The summed E-state index contributed by atoms with van der Waals surface area (Å²) in [5, 5.41) is -0.353. The molecule has 0 saturated heterocycles. The molecule has 1 rings (SSSR count). The Kier molecular flexibility index (Phi) is 9.07. The summed E-state index contributed by atoms with van der Waals surface area (Å²) in [7, 11) is -4.42. The van der Waals surface area contributed by atoms with E-state index in [1.807, 2.05) is 0 Å². The molecule has 1 unspecified atom stereocenters. The fourth-order valence-electron chi connectivity index (χ4n) is 1.66. The molecule has 0 aliphatic heterocycles. The molecule has 0 aliphatic carbocycles. The molecule has 0 heterocycles. The first-order valence-electron chi connectivity index (χ1n) is 5.95. The van der Waals surface area contributed by atoms with Crippen LogP contribution in [0.25, 0.3) is 0 Å². The first-order chi connectivity index (χ1) is 10.4. The SMILES string of the molecule is COC(=O)C(Cc1cccc(C(F)(F)F)c1)NC(=O)S(=O)(=O)[O-].[K+]. The van der Waals surface area contributed by atoms with Gasteiger partial charge in [0.2, 0.25) is 0 Å². The van der Waals surface area contributed by atoms with Crippen LogP contribution in [0.1, 0.15) is 11.1 Å². The van der Waals surface area contributed by atoms with E-state index in [1.54, 1.807) is 5.32 Å². The van der Waals surface area contributed by atoms with Crippen molar-refractivity contribution in [2.24, 2.45) is 0 Å². The number of esters is 1. The molecule has 0 saturated carbocycles. The first-order valence-corrected chi connectivity index (χ1v) is 7.36. The van der Waals surface area contributed by atoms with E-state index < -0.39 is 45.5 Å². The van der Waals surface area contributed by atoms with Crippen molar-refractivity contribution in [3.05, 3.63) is 35.4 Å². The summed E-state index contributed by atoms with van der Waals surface area (Å²) in [6, 6.07) is 2.23. The second-order valence-corrected chi connectivity index (χ2v) is 5.64. The molecule has 0 bridgehead atoms. The Balaban J connectivity index is 0.00000529. The summed E-state index contributed by atoms with van der Waals surface area (Å²) >= 11 is 0. The zero-order chi connectivity index (χ0) is 17.8. The normalized spacial score (nSPS) is 12.7. The number of amides is 1. The van der Waals surface area contributed by atoms with Gasteiger partial charge in [-0.2, -0.15) is 13.2 Å². The van der Waals surface area contributed by atoms with E-state index in [-0.39, 0.29) is 56.9 Å². The van der Waals surface area contributed by atoms with Gasteiger partial charge in [-0.25, -0.2) is 13.2 Å². The average molecular weight is 393 g/mol. The van der Waals surface area contributed by atoms with Gasteiger partial charge in [0.25, 0.3) is 0 Å². The number of halogens is 3. The van der Waals surface area contributed by atoms with E-state index in [4.69, 9.17) is 0 Å². The second-order valence-electron chi connectivity index (χ2n) is 4.36.